The van der Waals surface area contributed by atoms with Gasteiger partial charge in [0.1, 0.15) is 0 Å². The Morgan fingerprint density at radius 1 is 1.62 bits per heavy atom. The van der Waals surface area contributed by atoms with E-state index in [4.69, 9.17) is 10.2 Å². The molecule has 0 saturated heterocycles. The Morgan fingerprint density at radius 2 is 2.25 bits per heavy atom. The SMILES string of the molecule is CCO[SiH](C)CCN. The highest BCUT2D eigenvalue weighted by molar-refractivity contribution is 6.50. The van der Waals surface area contributed by atoms with Crippen LogP contribution in [0.2, 0.25) is 12.6 Å². The Kier molecular flexibility index (Phi) is 5.37. The molecule has 1 atom stereocenters. The van der Waals surface area contributed by atoms with Gasteiger partial charge in [0.15, 0.2) is 9.04 Å². The molecule has 50 valence electrons. The van der Waals surface area contributed by atoms with Crippen LogP contribution in [-0.4, -0.2) is 22.2 Å². The maximum Gasteiger partial charge on any atom is 0.175 e. The summed E-state index contributed by atoms with van der Waals surface area (Å²) in [5, 5.41) is 0. The molecule has 3 heteroatoms. The van der Waals surface area contributed by atoms with E-state index in [1.807, 2.05) is 6.92 Å². The first-order chi connectivity index (χ1) is 3.81. The van der Waals surface area contributed by atoms with Gasteiger partial charge in [-0.3, -0.25) is 0 Å². The summed E-state index contributed by atoms with van der Waals surface area (Å²) in [5.74, 6) is 0. The molecule has 0 aromatic heterocycles. The van der Waals surface area contributed by atoms with Gasteiger partial charge in [-0.15, -0.1) is 0 Å². The van der Waals surface area contributed by atoms with E-state index < -0.39 is 9.04 Å². The summed E-state index contributed by atoms with van der Waals surface area (Å²) in [6.45, 7) is 5.84. The van der Waals surface area contributed by atoms with E-state index in [1.54, 1.807) is 0 Å². The van der Waals surface area contributed by atoms with E-state index in [9.17, 15) is 0 Å². The van der Waals surface area contributed by atoms with Crippen LogP contribution in [0.3, 0.4) is 0 Å². The lowest BCUT2D eigenvalue weighted by Crippen LogP contribution is -2.17. The Labute approximate surface area is 52.8 Å². The summed E-state index contributed by atoms with van der Waals surface area (Å²) in [5.41, 5.74) is 5.31. The molecule has 0 fully saturated rings. The third-order valence-corrected chi connectivity index (χ3v) is 3.07. The molecule has 0 radical (unpaired) electrons. The molecular formula is C5H15NOSi. The van der Waals surface area contributed by atoms with Crippen LogP contribution in [-0.2, 0) is 4.43 Å². The third-order valence-electron chi connectivity index (χ3n) is 1.02. The zero-order chi connectivity index (χ0) is 6.41. The Balaban J connectivity index is 2.92. The van der Waals surface area contributed by atoms with Crippen molar-refractivity contribution >= 4 is 9.04 Å². The van der Waals surface area contributed by atoms with Gasteiger partial charge in [-0.05, 0) is 26.1 Å². The number of rotatable bonds is 4. The molecule has 2 nitrogen and oxygen atoms in total. The standard InChI is InChI=1S/C5H15NOSi/c1-3-7-8(2)5-4-6/h8H,3-6H2,1-2H3. The number of hydrogen-bond acceptors (Lipinski definition) is 2. The largest absolute Gasteiger partial charge is 0.421 e. The summed E-state index contributed by atoms with van der Waals surface area (Å²) < 4.78 is 5.34. The molecule has 0 amide bonds. The van der Waals surface area contributed by atoms with Crippen LogP contribution in [0, 0.1) is 0 Å². The zero-order valence-corrected chi connectivity index (χ0v) is 6.84. The average molecular weight is 133 g/mol. The van der Waals surface area contributed by atoms with Crippen molar-refractivity contribution in [1.82, 2.24) is 0 Å². The molecule has 8 heavy (non-hydrogen) atoms. The Bertz CT molecular complexity index is 45.7. The quantitative estimate of drug-likeness (QED) is 0.561. The van der Waals surface area contributed by atoms with Gasteiger partial charge in [0, 0.05) is 6.61 Å². The van der Waals surface area contributed by atoms with Gasteiger partial charge in [0.2, 0.25) is 0 Å². The topological polar surface area (TPSA) is 35.2 Å². The molecule has 0 heterocycles. The highest BCUT2D eigenvalue weighted by Gasteiger charge is 1.99. The van der Waals surface area contributed by atoms with Gasteiger partial charge in [0.25, 0.3) is 0 Å². The van der Waals surface area contributed by atoms with Crippen LogP contribution < -0.4 is 5.73 Å². The molecule has 1 unspecified atom stereocenters. The van der Waals surface area contributed by atoms with E-state index in [0.29, 0.717) is 0 Å². The normalized spacial score (nSPS) is 13.9. The van der Waals surface area contributed by atoms with Gasteiger partial charge in [-0.1, -0.05) is 0 Å². The van der Waals surface area contributed by atoms with E-state index in [-0.39, 0.29) is 0 Å². The highest BCUT2D eigenvalue weighted by atomic mass is 28.3. The molecule has 0 aliphatic heterocycles. The maximum atomic E-state index is 5.34. The summed E-state index contributed by atoms with van der Waals surface area (Å²) in [6.07, 6.45) is 0. The second kappa shape index (κ2) is 5.28. The molecule has 0 spiro atoms. The third kappa shape index (κ3) is 4.30. The van der Waals surface area contributed by atoms with Crippen LogP contribution in [0.15, 0.2) is 0 Å². The summed E-state index contributed by atoms with van der Waals surface area (Å²) >= 11 is 0. The van der Waals surface area contributed by atoms with E-state index in [2.05, 4.69) is 6.55 Å². The van der Waals surface area contributed by atoms with Gasteiger partial charge >= 0.3 is 0 Å². The van der Waals surface area contributed by atoms with Crippen molar-refractivity contribution in [3.05, 3.63) is 0 Å². The molecule has 2 N–H and O–H groups in total. The Hall–Kier alpha value is 0.137. The van der Waals surface area contributed by atoms with Crippen LogP contribution in [0.5, 0.6) is 0 Å². The van der Waals surface area contributed by atoms with Crippen LogP contribution in [0.25, 0.3) is 0 Å². The minimum absolute atomic E-state index is 0.785. The second-order valence-corrected chi connectivity index (χ2v) is 4.38. The monoisotopic (exact) mass is 133 g/mol. The van der Waals surface area contributed by atoms with Crippen molar-refractivity contribution < 1.29 is 4.43 Å². The van der Waals surface area contributed by atoms with Gasteiger partial charge < -0.3 is 10.2 Å². The van der Waals surface area contributed by atoms with Crippen molar-refractivity contribution in [3.8, 4) is 0 Å². The first-order valence-corrected chi connectivity index (χ1v) is 5.57. The lowest BCUT2D eigenvalue weighted by Gasteiger charge is -2.06. The predicted octanol–water partition coefficient (Wildman–Crippen LogP) is 0.335. The molecular weight excluding hydrogens is 118 g/mol. The van der Waals surface area contributed by atoms with E-state index in [1.165, 1.54) is 0 Å². The van der Waals surface area contributed by atoms with Crippen LogP contribution in [0.4, 0.5) is 0 Å². The second-order valence-electron chi connectivity index (χ2n) is 1.84. The van der Waals surface area contributed by atoms with Crippen molar-refractivity contribution in [2.24, 2.45) is 5.73 Å². The fourth-order valence-corrected chi connectivity index (χ4v) is 1.81. The Morgan fingerprint density at radius 3 is 2.62 bits per heavy atom. The van der Waals surface area contributed by atoms with Crippen LogP contribution in [0.1, 0.15) is 6.92 Å². The molecule has 0 aromatic carbocycles. The zero-order valence-electron chi connectivity index (χ0n) is 5.68. The lowest BCUT2D eigenvalue weighted by molar-refractivity contribution is 0.346. The summed E-state index contributed by atoms with van der Waals surface area (Å²) in [7, 11) is -0.827. The first kappa shape index (κ1) is 8.14. The molecule has 0 aromatic rings. The fourth-order valence-electron chi connectivity index (χ4n) is 0.603. The molecule has 0 aliphatic carbocycles. The van der Waals surface area contributed by atoms with Crippen molar-refractivity contribution in [3.63, 3.8) is 0 Å². The molecule has 0 saturated carbocycles. The van der Waals surface area contributed by atoms with Crippen LogP contribution >= 0.6 is 0 Å². The molecule has 0 bridgehead atoms. The van der Waals surface area contributed by atoms with Crippen molar-refractivity contribution in [2.75, 3.05) is 13.2 Å². The summed E-state index contributed by atoms with van der Waals surface area (Å²) in [4.78, 5) is 0. The summed E-state index contributed by atoms with van der Waals surface area (Å²) in [6, 6.07) is 1.10. The minimum Gasteiger partial charge on any atom is -0.421 e. The average Bonchev–Trinajstić information content (AvgIpc) is 1.68. The molecule has 0 rings (SSSR count). The van der Waals surface area contributed by atoms with Crippen molar-refractivity contribution in [2.45, 2.75) is 19.5 Å². The van der Waals surface area contributed by atoms with Gasteiger partial charge in [-0.25, -0.2) is 0 Å². The van der Waals surface area contributed by atoms with Crippen molar-refractivity contribution in [1.29, 1.82) is 0 Å². The predicted molar refractivity (Wildman–Crippen MR) is 38.5 cm³/mol. The number of nitrogens with two attached hydrogens (primary N) is 1. The fraction of sp³-hybridized carbons (Fsp3) is 1.00. The highest BCUT2D eigenvalue weighted by Crippen LogP contribution is 1.89. The van der Waals surface area contributed by atoms with Gasteiger partial charge in [0.05, 0.1) is 0 Å². The van der Waals surface area contributed by atoms with Gasteiger partial charge in [-0.2, -0.15) is 0 Å². The minimum atomic E-state index is -0.827. The van der Waals surface area contributed by atoms with E-state index >= 15 is 0 Å². The molecule has 0 aliphatic rings. The van der Waals surface area contributed by atoms with E-state index in [0.717, 1.165) is 19.2 Å². The first-order valence-electron chi connectivity index (χ1n) is 3.13. The smallest absolute Gasteiger partial charge is 0.175 e. The number of hydrogen-bond donors (Lipinski definition) is 1. The maximum absolute atomic E-state index is 5.34. The lowest BCUT2D eigenvalue weighted by atomic mass is 10.8.